The summed E-state index contributed by atoms with van der Waals surface area (Å²) in [6, 6.07) is 8.43. The molecule has 0 bridgehead atoms. The number of hydrogen-bond acceptors (Lipinski definition) is 3. The first-order chi connectivity index (χ1) is 9.13. The number of rotatable bonds is 4. The Labute approximate surface area is 116 Å². The van der Waals surface area contributed by atoms with Crippen molar-refractivity contribution in [1.29, 1.82) is 0 Å². The van der Waals surface area contributed by atoms with E-state index in [1.807, 2.05) is 7.05 Å². The molecule has 1 aromatic carbocycles. The molecule has 0 aliphatic heterocycles. The quantitative estimate of drug-likeness (QED) is 0.936. The van der Waals surface area contributed by atoms with Gasteiger partial charge in [-0.3, -0.25) is 0 Å². The highest BCUT2D eigenvalue weighted by Gasteiger charge is 2.12. The monoisotopic (exact) mass is 279 g/mol. The van der Waals surface area contributed by atoms with Crippen molar-refractivity contribution in [3.8, 4) is 0 Å². The Morgan fingerprint density at radius 3 is 2.68 bits per heavy atom. The van der Waals surface area contributed by atoms with Crippen molar-refractivity contribution >= 4 is 17.4 Å². The van der Waals surface area contributed by atoms with Crippen LogP contribution in [-0.2, 0) is 13.1 Å². The number of nitrogens with two attached hydrogens (primary N) is 1. The van der Waals surface area contributed by atoms with Crippen LogP contribution in [0.2, 0.25) is 5.02 Å². The number of hydrogen-bond donors (Lipinski definition) is 1. The summed E-state index contributed by atoms with van der Waals surface area (Å²) in [5, 5.41) is 0.517. The van der Waals surface area contributed by atoms with Crippen molar-refractivity contribution in [2.24, 2.45) is 5.73 Å². The van der Waals surface area contributed by atoms with Crippen molar-refractivity contribution < 1.29 is 4.39 Å². The highest BCUT2D eigenvalue weighted by atomic mass is 35.5. The van der Waals surface area contributed by atoms with Crippen LogP contribution in [0.25, 0.3) is 0 Å². The zero-order chi connectivity index (χ0) is 13.8. The first-order valence-corrected chi connectivity index (χ1v) is 6.29. The van der Waals surface area contributed by atoms with Gasteiger partial charge in [0.15, 0.2) is 0 Å². The van der Waals surface area contributed by atoms with Gasteiger partial charge in [-0.2, -0.15) is 0 Å². The first kappa shape index (κ1) is 13.8. The molecule has 1 heterocycles. The van der Waals surface area contributed by atoms with E-state index in [4.69, 9.17) is 17.3 Å². The lowest BCUT2D eigenvalue weighted by atomic mass is 10.2. The Morgan fingerprint density at radius 1 is 1.26 bits per heavy atom. The van der Waals surface area contributed by atoms with Gasteiger partial charge in [0.25, 0.3) is 0 Å². The molecule has 5 heteroatoms. The average Bonchev–Trinajstić information content (AvgIpc) is 2.41. The molecule has 2 N–H and O–H groups in total. The van der Waals surface area contributed by atoms with E-state index in [1.165, 1.54) is 6.07 Å². The molecular formula is C14H15ClFN3. The zero-order valence-corrected chi connectivity index (χ0v) is 11.4. The largest absolute Gasteiger partial charge is 0.354 e. The lowest BCUT2D eigenvalue weighted by Crippen LogP contribution is -2.19. The molecule has 0 atom stereocenters. The number of nitrogens with zero attached hydrogens (tertiary/aromatic N) is 2. The van der Waals surface area contributed by atoms with Crippen molar-refractivity contribution in [2.45, 2.75) is 13.1 Å². The minimum atomic E-state index is -0.236. The maximum Gasteiger partial charge on any atom is 0.147 e. The fourth-order valence-electron chi connectivity index (χ4n) is 1.85. The van der Waals surface area contributed by atoms with Gasteiger partial charge in [0.2, 0.25) is 0 Å². The van der Waals surface area contributed by atoms with E-state index in [-0.39, 0.29) is 5.82 Å². The van der Waals surface area contributed by atoms with Crippen molar-refractivity contribution in [3.63, 3.8) is 0 Å². The van der Waals surface area contributed by atoms with Crippen LogP contribution in [0.5, 0.6) is 0 Å². The molecular weight excluding hydrogens is 265 g/mol. The Morgan fingerprint density at radius 2 is 2.00 bits per heavy atom. The fourth-order valence-corrected chi connectivity index (χ4v) is 2.19. The number of pyridine rings is 1. The van der Waals surface area contributed by atoms with Gasteiger partial charge in [0.1, 0.15) is 11.6 Å². The van der Waals surface area contributed by atoms with Gasteiger partial charge in [-0.1, -0.05) is 29.8 Å². The highest BCUT2D eigenvalue weighted by molar-refractivity contribution is 6.33. The van der Waals surface area contributed by atoms with E-state index in [9.17, 15) is 4.39 Å². The highest BCUT2D eigenvalue weighted by Crippen LogP contribution is 2.27. The van der Waals surface area contributed by atoms with E-state index in [0.717, 1.165) is 5.56 Å². The molecule has 19 heavy (non-hydrogen) atoms. The summed E-state index contributed by atoms with van der Waals surface area (Å²) in [5.74, 6) is 0.369. The van der Waals surface area contributed by atoms with Crippen molar-refractivity contribution in [2.75, 3.05) is 11.9 Å². The van der Waals surface area contributed by atoms with Gasteiger partial charge in [0, 0.05) is 31.9 Å². The van der Waals surface area contributed by atoms with Crippen molar-refractivity contribution in [3.05, 3.63) is 58.5 Å². The summed E-state index contributed by atoms with van der Waals surface area (Å²) in [6.07, 6.45) is 1.65. The van der Waals surface area contributed by atoms with Crippen LogP contribution >= 0.6 is 11.6 Å². The molecule has 2 rings (SSSR count). The minimum absolute atomic E-state index is 0.236. The predicted molar refractivity (Wildman–Crippen MR) is 75.6 cm³/mol. The second-order valence-corrected chi connectivity index (χ2v) is 4.64. The number of halogens is 2. The SMILES string of the molecule is CN(Cc1ccccc1F)c1nccc(CN)c1Cl. The van der Waals surface area contributed by atoms with Gasteiger partial charge in [-0.25, -0.2) is 9.37 Å². The lowest BCUT2D eigenvalue weighted by Gasteiger charge is -2.20. The summed E-state index contributed by atoms with van der Waals surface area (Å²) in [5.41, 5.74) is 7.03. The summed E-state index contributed by atoms with van der Waals surface area (Å²) < 4.78 is 13.6. The molecule has 0 fully saturated rings. The van der Waals surface area contributed by atoms with Crippen LogP contribution in [0.3, 0.4) is 0 Å². The third-order valence-electron chi connectivity index (χ3n) is 2.90. The lowest BCUT2D eigenvalue weighted by molar-refractivity contribution is 0.607. The van der Waals surface area contributed by atoms with E-state index in [1.54, 1.807) is 35.4 Å². The second-order valence-electron chi connectivity index (χ2n) is 4.26. The molecule has 2 aromatic rings. The second kappa shape index (κ2) is 5.99. The number of aromatic nitrogens is 1. The van der Waals surface area contributed by atoms with Gasteiger partial charge in [-0.15, -0.1) is 0 Å². The summed E-state index contributed by atoms with van der Waals surface area (Å²) in [7, 11) is 1.82. The molecule has 0 amide bonds. The normalized spacial score (nSPS) is 10.5. The van der Waals surface area contributed by atoms with Crippen LogP contribution in [-0.4, -0.2) is 12.0 Å². The molecule has 0 unspecified atom stereocenters. The van der Waals surface area contributed by atoms with Crippen LogP contribution in [0.15, 0.2) is 36.5 Å². The standard InChI is InChI=1S/C14H15ClFN3/c1-19(9-11-4-2-3-5-12(11)16)14-13(15)10(8-17)6-7-18-14/h2-7H,8-9,17H2,1H3. The molecule has 3 nitrogen and oxygen atoms in total. The maximum absolute atomic E-state index is 13.6. The van der Waals surface area contributed by atoms with Crippen LogP contribution in [0.1, 0.15) is 11.1 Å². The van der Waals surface area contributed by atoms with Gasteiger partial charge < -0.3 is 10.6 Å². The maximum atomic E-state index is 13.6. The minimum Gasteiger partial charge on any atom is -0.354 e. The molecule has 0 saturated carbocycles. The van der Waals surface area contributed by atoms with Crippen LogP contribution < -0.4 is 10.6 Å². The number of benzene rings is 1. The molecule has 0 aliphatic rings. The fraction of sp³-hybridized carbons (Fsp3) is 0.214. The van der Waals surface area contributed by atoms with E-state index in [2.05, 4.69) is 4.98 Å². The summed E-state index contributed by atoms with van der Waals surface area (Å²) in [4.78, 5) is 6.03. The van der Waals surface area contributed by atoms with E-state index >= 15 is 0 Å². The first-order valence-electron chi connectivity index (χ1n) is 5.91. The molecule has 100 valence electrons. The smallest absolute Gasteiger partial charge is 0.147 e. The van der Waals surface area contributed by atoms with Crippen LogP contribution in [0.4, 0.5) is 10.2 Å². The average molecular weight is 280 g/mol. The molecule has 0 aliphatic carbocycles. The molecule has 0 spiro atoms. The third-order valence-corrected chi connectivity index (χ3v) is 3.31. The van der Waals surface area contributed by atoms with Crippen LogP contribution in [0, 0.1) is 5.82 Å². The van der Waals surface area contributed by atoms with Crippen molar-refractivity contribution in [1.82, 2.24) is 4.98 Å². The zero-order valence-electron chi connectivity index (χ0n) is 10.6. The molecule has 0 saturated heterocycles. The summed E-state index contributed by atoms with van der Waals surface area (Å²) >= 11 is 6.23. The Hall–Kier alpha value is -1.65. The molecule has 1 aromatic heterocycles. The van der Waals surface area contributed by atoms with Gasteiger partial charge in [-0.05, 0) is 17.7 Å². The van der Waals surface area contributed by atoms with E-state index in [0.29, 0.717) is 29.5 Å². The van der Waals surface area contributed by atoms with Gasteiger partial charge in [0.05, 0.1) is 5.02 Å². The molecule has 0 radical (unpaired) electrons. The Balaban J connectivity index is 2.26. The Bertz CT molecular complexity index is 574. The third kappa shape index (κ3) is 3.03. The topological polar surface area (TPSA) is 42.2 Å². The summed E-state index contributed by atoms with van der Waals surface area (Å²) in [6.45, 7) is 0.745. The number of anilines is 1. The van der Waals surface area contributed by atoms with Gasteiger partial charge >= 0.3 is 0 Å². The predicted octanol–water partition coefficient (Wildman–Crippen LogP) is 2.97. The Kier molecular flexibility index (Phi) is 4.35. The van der Waals surface area contributed by atoms with E-state index < -0.39 is 0 Å².